The fourth-order valence-electron chi connectivity index (χ4n) is 4.70. The van der Waals surface area contributed by atoms with Crippen molar-refractivity contribution < 1.29 is 22.8 Å². The second-order valence-corrected chi connectivity index (χ2v) is 9.42. The normalized spacial score (nSPS) is 13.3. The van der Waals surface area contributed by atoms with Crippen LogP contribution in [0.15, 0.2) is 60.7 Å². The van der Waals surface area contributed by atoms with E-state index in [9.17, 15) is 22.8 Å². The fourth-order valence-corrected chi connectivity index (χ4v) is 4.98. The van der Waals surface area contributed by atoms with E-state index in [4.69, 9.17) is 16.7 Å². The molecule has 1 aliphatic heterocycles. The van der Waals surface area contributed by atoms with Gasteiger partial charge in [0.25, 0.3) is 5.91 Å². The van der Waals surface area contributed by atoms with Crippen molar-refractivity contribution in [2.45, 2.75) is 33.5 Å². The number of fused-ring (bicyclic) bond motifs is 1. The number of aromatic nitrogens is 2. The van der Waals surface area contributed by atoms with E-state index in [2.05, 4.69) is 0 Å². The number of alkyl halides is 3. The van der Waals surface area contributed by atoms with E-state index in [0.29, 0.717) is 16.8 Å². The molecule has 37 heavy (non-hydrogen) atoms. The van der Waals surface area contributed by atoms with Gasteiger partial charge in [-0.3, -0.25) is 9.59 Å². The molecule has 0 radical (unpaired) electrons. The zero-order valence-electron chi connectivity index (χ0n) is 20.2. The Labute approximate surface area is 216 Å². The molecule has 0 aliphatic carbocycles. The summed E-state index contributed by atoms with van der Waals surface area (Å²) >= 11 is 5.93. The Kier molecular flexibility index (Phi) is 5.95. The zero-order valence-corrected chi connectivity index (χ0v) is 20.9. The number of anilines is 1. The van der Waals surface area contributed by atoms with Gasteiger partial charge in [-0.2, -0.15) is 18.3 Å². The van der Waals surface area contributed by atoms with Crippen LogP contribution in [0, 0.1) is 13.8 Å². The third kappa shape index (κ3) is 4.21. The van der Waals surface area contributed by atoms with Gasteiger partial charge in [-0.05, 0) is 50.1 Å². The van der Waals surface area contributed by atoms with Crippen molar-refractivity contribution in [3.8, 4) is 16.9 Å². The first-order valence-electron chi connectivity index (χ1n) is 11.5. The highest BCUT2D eigenvalue weighted by molar-refractivity contribution is 6.31. The first-order valence-corrected chi connectivity index (χ1v) is 11.8. The number of hydrogen-bond donors (Lipinski definition) is 0. The standard InChI is InChI=1S/C28H21ClF3N3O2/c1-15-5-4-6-16(2)25(15)35-26(19-9-7-18(8-10-19)17(3)36)21-14-34(27(37)24(21)33-35)20-11-12-22(23(29)13-20)28(30,31)32/h4-13H,14H2,1-3H3. The molecule has 1 aliphatic rings. The predicted molar refractivity (Wildman–Crippen MR) is 135 cm³/mol. The van der Waals surface area contributed by atoms with Crippen LogP contribution in [0.3, 0.4) is 0 Å². The minimum absolute atomic E-state index is 0.0689. The van der Waals surface area contributed by atoms with E-state index in [1.54, 1.807) is 28.9 Å². The Morgan fingerprint density at radius 2 is 1.65 bits per heavy atom. The van der Waals surface area contributed by atoms with E-state index in [0.717, 1.165) is 34.5 Å². The van der Waals surface area contributed by atoms with E-state index in [-0.39, 0.29) is 23.7 Å². The van der Waals surface area contributed by atoms with Crippen LogP contribution in [0.2, 0.25) is 5.02 Å². The molecule has 9 heteroatoms. The Balaban J connectivity index is 1.65. The molecule has 0 spiro atoms. The molecule has 188 valence electrons. The van der Waals surface area contributed by atoms with Crippen LogP contribution in [0.1, 0.15) is 50.0 Å². The van der Waals surface area contributed by atoms with Crippen molar-refractivity contribution in [3.05, 3.63) is 99.2 Å². The smallest absolute Gasteiger partial charge is 0.302 e. The molecule has 0 atom stereocenters. The molecule has 0 unspecified atom stereocenters. The minimum atomic E-state index is -4.60. The number of amides is 1. The van der Waals surface area contributed by atoms with Gasteiger partial charge in [0.15, 0.2) is 11.5 Å². The van der Waals surface area contributed by atoms with Gasteiger partial charge >= 0.3 is 6.18 Å². The summed E-state index contributed by atoms with van der Waals surface area (Å²) in [5.41, 5.74) is 4.87. The first-order chi connectivity index (χ1) is 17.5. The number of ketones is 1. The number of carbonyl (C=O) groups excluding carboxylic acids is 2. The third-order valence-electron chi connectivity index (χ3n) is 6.53. The number of aryl methyl sites for hydroxylation is 2. The molecule has 4 aromatic rings. The summed E-state index contributed by atoms with van der Waals surface area (Å²) in [5.74, 6) is -0.502. The third-order valence-corrected chi connectivity index (χ3v) is 6.85. The molecule has 2 heterocycles. The topological polar surface area (TPSA) is 55.2 Å². The number of benzene rings is 3. The molecule has 1 aromatic heterocycles. The summed E-state index contributed by atoms with van der Waals surface area (Å²) in [6, 6.07) is 16.2. The molecule has 0 fully saturated rings. The summed E-state index contributed by atoms with van der Waals surface area (Å²) < 4.78 is 41.3. The van der Waals surface area contributed by atoms with Crippen molar-refractivity contribution in [1.29, 1.82) is 0 Å². The van der Waals surface area contributed by atoms with Crippen molar-refractivity contribution in [1.82, 2.24) is 9.78 Å². The lowest BCUT2D eigenvalue weighted by Gasteiger charge is -2.20. The number of para-hydroxylation sites is 1. The molecule has 0 saturated heterocycles. The van der Waals surface area contributed by atoms with Gasteiger partial charge in [-0.25, -0.2) is 4.68 Å². The highest BCUT2D eigenvalue weighted by atomic mass is 35.5. The Morgan fingerprint density at radius 1 is 1.00 bits per heavy atom. The summed E-state index contributed by atoms with van der Waals surface area (Å²) in [5, 5.41) is 4.21. The van der Waals surface area contributed by atoms with Gasteiger partial charge in [-0.1, -0.05) is 54.1 Å². The number of hydrogen-bond acceptors (Lipinski definition) is 3. The van der Waals surface area contributed by atoms with Gasteiger partial charge in [0.1, 0.15) is 0 Å². The number of rotatable bonds is 4. The molecule has 3 aromatic carbocycles. The van der Waals surface area contributed by atoms with Gasteiger partial charge < -0.3 is 4.90 Å². The summed E-state index contributed by atoms with van der Waals surface area (Å²) in [7, 11) is 0. The van der Waals surface area contributed by atoms with E-state index < -0.39 is 22.7 Å². The molecule has 0 N–H and O–H groups in total. The molecule has 1 amide bonds. The number of carbonyl (C=O) groups is 2. The average Bonchev–Trinajstić information content (AvgIpc) is 3.34. The van der Waals surface area contributed by atoms with Crippen LogP contribution < -0.4 is 4.90 Å². The van der Waals surface area contributed by atoms with Gasteiger partial charge in [-0.15, -0.1) is 0 Å². The van der Waals surface area contributed by atoms with E-state index in [1.807, 2.05) is 32.0 Å². The highest BCUT2D eigenvalue weighted by Gasteiger charge is 2.38. The van der Waals surface area contributed by atoms with Gasteiger partial charge in [0.05, 0.1) is 28.5 Å². The maximum atomic E-state index is 13.5. The van der Waals surface area contributed by atoms with Crippen LogP contribution in [-0.2, 0) is 12.7 Å². The van der Waals surface area contributed by atoms with Crippen LogP contribution in [-0.4, -0.2) is 21.5 Å². The van der Waals surface area contributed by atoms with Crippen LogP contribution in [0.4, 0.5) is 18.9 Å². The Bertz CT molecular complexity index is 1550. The van der Waals surface area contributed by atoms with Crippen LogP contribution >= 0.6 is 11.6 Å². The Morgan fingerprint density at radius 3 is 2.22 bits per heavy atom. The van der Waals surface area contributed by atoms with Crippen molar-refractivity contribution in [2.75, 3.05) is 4.90 Å². The first kappa shape index (κ1) is 24.8. The number of nitrogens with zero attached hydrogens (tertiary/aromatic N) is 3. The largest absolute Gasteiger partial charge is 0.417 e. The van der Waals surface area contributed by atoms with Crippen molar-refractivity contribution >= 4 is 29.0 Å². The summed E-state index contributed by atoms with van der Waals surface area (Å²) in [4.78, 5) is 26.7. The minimum Gasteiger partial charge on any atom is -0.302 e. The lowest BCUT2D eigenvalue weighted by atomic mass is 10.0. The van der Waals surface area contributed by atoms with Gasteiger partial charge in [0.2, 0.25) is 0 Å². The molecule has 0 bridgehead atoms. The second-order valence-electron chi connectivity index (χ2n) is 9.01. The fraction of sp³-hybridized carbons (Fsp3) is 0.179. The number of Topliss-reactive ketones (excluding diaryl/α,β-unsaturated/α-hetero) is 1. The molecular formula is C28H21ClF3N3O2. The Hall–Kier alpha value is -3.91. The van der Waals surface area contributed by atoms with Crippen molar-refractivity contribution in [3.63, 3.8) is 0 Å². The van der Waals surface area contributed by atoms with E-state index >= 15 is 0 Å². The lowest BCUT2D eigenvalue weighted by molar-refractivity contribution is -0.137. The van der Waals surface area contributed by atoms with E-state index in [1.165, 1.54) is 17.9 Å². The highest BCUT2D eigenvalue weighted by Crippen LogP contribution is 2.41. The average molecular weight is 524 g/mol. The maximum Gasteiger partial charge on any atom is 0.417 e. The SMILES string of the molecule is CC(=O)c1ccc(-c2c3c(nn2-c2c(C)cccc2C)C(=O)N(c2ccc(C(F)(F)F)c(Cl)c2)C3)cc1. The molecule has 5 nitrogen and oxygen atoms in total. The maximum absolute atomic E-state index is 13.5. The summed E-state index contributed by atoms with van der Waals surface area (Å²) in [6.07, 6.45) is -4.60. The molecular weight excluding hydrogens is 503 g/mol. The van der Waals surface area contributed by atoms with Gasteiger partial charge in [0, 0.05) is 22.4 Å². The second kappa shape index (κ2) is 8.88. The van der Waals surface area contributed by atoms with Crippen LogP contribution in [0.25, 0.3) is 16.9 Å². The predicted octanol–water partition coefficient (Wildman–Crippen LogP) is 7.19. The zero-order chi connectivity index (χ0) is 26.6. The van der Waals surface area contributed by atoms with Crippen LogP contribution in [0.5, 0.6) is 0 Å². The quantitative estimate of drug-likeness (QED) is 0.266. The summed E-state index contributed by atoms with van der Waals surface area (Å²) in [6.45, 7) is 5.50. The van der Waals surface area contributed by atoms with Crippen molar-refractivity contribution in [2.24, 2.45) is 0 Å². The molecule has 5 rings (SSSR count). The number of halogens is 4. The molecule has 0 saturated carbocycles. The monoisotopic (exact) mass is 523 g/mol. The lowest BCUT2D eigenvalue weighted by Crippen LogP contribution is -2.25.